The second-order valence-electron chi connectivity index (χ2n) is 8.07. The van der Waals surface area contributed by atoms with Crippen molar-refractivity contribution < 1.29 is 14.6 Å². The number of aromatic hydroxyl groups is 1. The molecular formula is C22H21N5O3. The van der Waals surface area contributed by atoms with E-state index in [4.69, 9.17) is 4.74 Å². The van der Waals surface area contributed by atoms with Crippen molar-refractivity contribution in [3.63, 3.8) is 0 Å². The molecule has 0 radical (unpaired) electrons. The lowest BCUT2D eigenvalue weighted by Gasteiger charge is -2.17. The average Bonchev–Trinajstić information content (AvgIpc) is 3.38. The van der Waals surface area contributed by atoms with Gasteiger partial charge in [0, 0.05) is 30.6 Å². The van der Waals surface area contributed by atoms with E-state index >= 15 is 0 Å². The van der Waals surface area contributed by atoms with Gasteiger partial charge < -0.3 is 19.6 Å². The summed E-state index contributed by atoms with van der Waals surface area (Å²) in [4.78, 5) is 17.3. The number of imidazole rings is 1. The molecule has 0 atom stereocenters. The van der Waals surface area contributed by atoms with Gasteiger partial charge in [-0.3, -0.25) is 9.48 Å². The van der Waals surface area contributed by atoms with Gasteiger partial charge in [-0.1, -0.05) is 12.1 Å². The quantitative estimate of drug-likeness (QED) is 0.546. The van der Waals surface area contributed by atoms with Gasteiger partial charge in [-0.2, -0.15) is 5.10 Å². The molecular weight excluding hydrogens is 382 g/mol. The summed E-state index contributed by atoms with van der Waals surface area (Å²) in [7, 11) is 0. The number of carbonyl (C=O) groups excluding carboxylic acids is 1. The third-order valence-electron chi connectivity index (χ3n) is 5.08. The summed E-state index contributed by atoms with van der Waals surface area (Å²) in [6, 6.07) is 9.27. The molecule has 5 rings (SSSR count). The van der Waals surface area contributed by atoms with Crippen molar-refractivity contribution in [2.24, 2.45) is 0 Å². The van der Waals surface area contributed by atoms with Crippen LogP contribution in [0.5, 0.6) is 11.5 Å². The number of amides is 1. The third-order valence-corrected chi connectivity index (χ3v) is 5.08. The molecule has 0 spiro atoms. The predicted octanol–water partition coefficient (Wildman–Crippen LogP) is 3.25. The predicted molar refractivity (Wildman–Crippen MR) is 111 cm³/mol. The number of fused-ring (bicyclic) bond motifs is 2. The summed E-state index contributed by atoms with van der Waals surface area (Å²) >= 11 is 0. The summed E-state index contributed by atoms with van der Waals surface area (Å²) in [5.74, 6) is -0.168. The Morgan fingerprint density at radius 2 is 2.13 bits per heavy atom. The van der Waals surface area contributed by atoms with Crippen LogP contribution in [-0.2, 0) is 13.0 Å². The van der Waals surface area contributed by atoms with Gasteiger partial charge in [0.15, 0.2) is 11.5 Å². The van der Waals surface area contributed by atoms with E-state index in [-0.39, 0.29) is 11.3 Å². The maximum Gasteiger partial charge on any atom is 0.259 e. The molecule has 0 saturated carbocycles. The molecule has 3 aromatic heterocycles. The minimum Gasteiger partial charge on any atom is -0.504 e. The van der Waals surface area contributed by atoms with Crippen LogP contribution in [0.2, 0.25) is 0 Å². The molecule has 1 aliphatic heterocycles. The highest BCUT2D eigenvalue weighted by atomic mass is 16.5. The second kappa shape index (κ2) is 6.62. The van der Waals surface area contributed by atoms with Crippen molar-refractivity contribution in [2.75, 3.05) is 5.32 Å². The molecule has 1 aromatic carbocycles. The van der Waals surface area contributed by atoms with Crippen LogP contribution in [0.25, 0.3) is 5.65 Å². The molecule has 1 aliphatic rings. The number of phenols is 1. The summed E-state index contributed by atoms with van der Waals surface area (Å²) in [5.41, 5.74) is 2.93. The van der Waals surface area contributed by atoms with E-state index in [9.17, 15) is 9.90 Å². The van der Waals surface area contributed by atoms with E-state index in [1.807, 2.05) is 54.9 Å². The second-order valence-corrected chi connectivity index (χ2v) is 8.07. The van der Waals surface area contributed by atoms with Gasteiger partial charge in [-0.25, -0.2) is 4.98 Å². The zero-order valence-corrected chi connectivity index (χ0v) is 16.7. The van der Waals surface area contributed by atoms with E-state index in [1.165, 1.54) is 0 Å². The van der Waals surface area contributed by atoms with E-state index in [0.717, 1.165) is 16.9 Å². The molecule has 0 bridgehead atoms. The normalized spacial score (nSPS) is 14.5. The van der Waals surface area contributed by atoms with Crippen molar-refractivity contribution >= 4 is 17.2 Å². The molecule has 4 aromatic rings. The Morgan fingerprint density at radius 1 is 1.27 bits per heavy atom. The van der Waals surface area contributed by atoms with E-state index in [1.54, 1.807) is 23.1 Å². The molecule has 0 aliphatic carbocycles. The zero-order chi connectivity index (χ0) is 20.9. The Morgan fingerprint density at radius 3 is 2.97 bits per heavy atom. The van der Waals surface area contributed by atoms with E-state index in [2.05, 4.69) is 15.4 Å². The van der Waals surface area contributed by atoms with Crippen LogP contribution < -0.4 is 10.1 Å². The van der Waals surface area contributed by atoms with Crippen molar-refractivity contribution in [3.8, 4) is 11.5 Å². The molecule has 152 valence electrons. The number of hydrogen-bond donors (Lipinski definition) is 2. The molecule has 0 fully saturated rings. The van der Waals surface area contributed by atoms with Crippen molar-refractivity contribution in [1.82, 2.24) is 19.2 Å². The number of benzene rings is 1. The molecule has 30 heavy (non-hydrogen) atoms. The van der Waals surface area contributed by atoms with Crippen molar-refractivity contribution in [2.45, 2.75) is 32.4 Å². The largest absolute Gasteiger partial charge is 0.504 e. The van der Waals surface area contributed by atoms with Gasteiger partial charge in [0.1, 0.15) is 11.2 Å². The molecule has 2 N–H and O–H groups in total. The molecule has 1 amide bonds. The highest BCUT2D eigenvalue weighted by molar-refractivity contribution is 6.06. The Kier molecular flexibility index (Phi) is 4.02. The van der Waals surface area contributed by atoms with Crippen LogP contribution in [-0.4, -0.2) is 35.8 Å². The van der Waals surface area contributed by atoms with Gasteiger partial charge in [0.05, 0.1) is 29.7 Å². The van der Waals surface area contributed by atoms with Crippen LogP contribution in [0, 0.1) is 0 Å². The van der Waals surface area contributed by atoms with Crippen molar-refractivity contribution in [1.29, 1.82) is 0 Å². The number of nitrogens with zero attached hydrogens (tertiary/aromatic N) is 4. The lowest BCUT2D eigenvalue weighted by atomic mass is 10.0. The standard InChI is InChI=1S/C22H21N5O3/c1-22(2)9-14-6-7-17(19(28)20(14)30-22)21(29)25-15-10-23-27(12-15)13-16-11-26-8-4-3-5-18(26)24-16/h3-8,10-12,28H,9,13H2,1-2H3,(H,25,29). The Hall–Kier alpha value is -3.81. The van der Waals surface area contributed by atoms with Crippen LogP contribution >= 0.6 is 0 Å². The van der Waals surface area contributed by atoms with Crippen LogP contribution in [0.15, 0.2) is 55.1 Å². The summed E-state index contributed by atoms with van der Waals surface area (Å²) < 4.78 is 9.45. The summed E-state index contributed by atoms with van der Waals surface area (Å²) in [5, 5.41) is 17.6. The number of hydrogen-bond acceptors (Lipinski definition) is 5. The Labute approximate surface area is 172 Å². The number of anilines is 1. The first kappa shape index (κ1) is 18.2. The van der Waals surface area contributed by atoms with Crippen LogP contribution in [0.1, 0.15) is 35.5 Å². The highest BCUT2D eigenvalue weighted by Crippen LogP contribution is 2.43. The Bertz CT molecular complexity index is 1240. The highest BCUT2D eigenvalue weighted by Gasteiger charge is 2.33. The Balaban J connectivity index is 1.31. The van der Waals surface area contributed by atoms with E-state index in [0.29, 0.717) is 24.4 Å². The van der Waals surface area contributed by atoms with Gasteiger partial charge in [-0.15, -0.1) is 0 Å². The first-order valence-corrected chi connectivity index (χ1v) is 9.68. The third kappa shape index (κ3) is 3.26. The lowest BCUT2D eigenvalue weighted by molar-refractivity contribution is 0.102. The number of carbonyl (C=O) groups is 1. The number of phenolic OH excluding ortho intramolecular Hbond substituents is 1. The van der Waals surface area contributed by atoms with Crippen LogP contribution in [0.3, 0.4) is 0 Å². The first-order chi connectivity index (χ1) is 14.4. The number of nitrogens with one attached hydrogen (secondary N) is 1. The smallest absolute Gasteiger partial charge is 0.259 e. The monoisotopic (exact) mass is 403 g/mol. The number of rotatable bonds is 4. The fourth-order valence-electron chi connectivity index (χ4n) is 3.76. The average molecular weight is 403 g/mol. The summed E-state index contributed by atoms with van der Waals surface area (Å²) in [6.45, 7) is 4.37. The number of aromatic nitrogens is 4. The van der Waals surface area contributed by atoms with Gasteiger partial charge in [0.25, 0.3) is 5.91 Å². The van der Waals surface area contributed by atoms with Gasteiger partial charge >= 0.3 is 0 Å². The molecule has 0 saturated heterocycles. The first-order valence-electron chi connectivity index (χ1n) is 9.68. The number of pyridine rings is 1. The number of ether oxygens (including phenoxy) is 1. The minimum absolute atomic E-state index is 0.132. The topological polar surface area (TPSA) is 93.7 Å². The van der Waals surface area contributed by atoms with Crippen LogP contribution in [0.4, 0.5) is 5.69 Å². The lowest BCUT2D eigenvalue weighted by Crippen LogP contribution is -2.24. The minimum atomic E-state index is -0.420. The van der Waals surface area contributed by atoms with Crippen molar-refractivity contribution in [3.05, 3.63) is 71.9 Å². The molecule has 4 heterocycles. The van der Waals surface area contributed by atoms with Gasteiger partial charge in [-0.05, 0) is 32.0 Å². The fourth-order valence-corrected chi connectivity index (χ4v) is 3.76. The molecule has 0 unspecified atom stereocenters. The SMILES string of the molecule is CC1(C)Cc2ccc(C(=O)Nc3cnn(Cc4cn5ccccc5n4)c3)c(O)c2O1. The summed E-state index contributed by atoms with van der Waals surface area (Å²) in [6.07, 6.45) is 7.87. The fraction of sp³-hybridized carbons (Fsp3) is 0.227. The zero-order valence-electron chi connectivity index (χ0n) is 16.7. The van der Waals surface area contributed by atoms with Gasteiger partial charge in [0.2, 0.25) is 0 Å². The molecule has 8 heteroatoms. The molecule has 8 nitrogen and oxygen atoms in total. The van der Waals surface area contributed by atoms with E-state index < -0.39 is 11.5 Å². The maximum absolute atomic E-state index is 12.7. The maximum atomic E-state index is 12.7.